The Bertz CT molecular complexity index is 844. The maximum Gasteiger partial charge on any atom is 0.266 e. The highest BCUT2D eigenvalue weighted by molar-refractivity contribution is 7.11. The summed E-state index contributed by atoms with van der Waals surface area (Å²) in [6, 6.07) is 0.373. The summed E-state index contributed by atoms with van der Waals surface area (Å²) in [4.78, 5) is 33.7. The molecule has 0 aliphatic carbocycles. The van der Waals surface area contributed by atoms with Crippen LogP contribution < -0.4 is 4.90 Å². The zero-order valence-corrected chi connectivity index (χ0v) is 19.1. The van der Waals surface area contributed by atoms with Crippen LogP contribution >= 0.6 is 11.3 Å². The lowest BCUT2D eigenvalue weighted by Crippen LogP contribution is -2.50. The van der Waals surface area contributed by atoms with Gasteiger partial charge < -0.3 is 9.80 Å². The number of piperidine rings is 2. The number of anilines is 1. The van der Waals surface area contributed by atoms with Crippen molar-refractivity contribution in [3.63, 3.8) is 0 Å². The molecule has 8 heteroatoms. The van der Waals surface area contributed by atoms with E-state index >= 15 is 0 Å². The number of nitrogens with zero attached hydrogens (tertiary/aromatic N) is 6. The number of likely N-dealkylation sites (tertiary alicyclic amines) is 2. The molecule has 0 unspecified atom stereocenters. The summed E-state index contributed by atoms with van der Waals surface area (Å²) < 4.78 is 0. The Morgan fingerprint density at radius 1 is 1.10 bits per heavy atom. The maximum absolute atomic E-state index is 13.2. The van der Waals surface area contributed by atoms with Crippen LogP contribution in [0.15, 0.2) is 17.9 Å². The molecule has 2 fully saturated rings. The van der Waals surface area contributed by atoms with Crippen molar-refractivity contribution in [2.24, 2.45) is 5.92 Å². The summed E-state index contributed by atoms with van der Waals surface area (Å²) in [5.74, 6) is 1.53. The monoisotopic (exact) mass is 428 g/mol. The van der Waals surface area contributed by atoms with Crippen LogP contribution in [0, 0.1) is 12.8 Å². The molecular weight excluding hydrogens is 396 g/mol. The van der Waals surface area contributed by atoms with Crippen molar-refractivity contribution in [2.45, 2.75) is 51.6 Å². The van der Waals surface area contributed by atoms with Crippen LogP contribution in [-0.4, -0.2) is 70.4 Å². The van der Waals surface area contributed by atoms with Gasteiger partial charge in [0.1, 0.15) is 4.88 Å². The fourth-order valence-corrected chi connectivity index (χ4v) is 5.51. The quantitative estimate of drug-likeness (QED) is 0.729. The van der Waals surface area contributed by atoms with Crippen molar-refractivity contribution in [1.82, 2.24) is 24.8 Å². The van der Waals surface area contributed by atoms with E-state index in [9.17, 15) is 4.79 Å². The molecule has 2 aromatic rings. The average molecular weight is 429 g/mol. The van der Waals surface area contributed by atoms with Gasteiger partial charge in [-0.1, -0.05) is 0 Å². The first-order valence-corrected chi connectivity index (χ1v) is 11.8. The van der Waals surface area contributed by atoms with Gasteiger partial charge >= 0.3 is 0 Å². The summed E-state index contributed by atoms with van der Waals surface area (Å²) in [6.45, 7) is 5.86. The summed E-state index contributed by atoms with van der Waals surface area (Å²) in [5.41, 5.74) is 3.82. The Labute approximate surface area is 183 Å². The molecule has 2 saturated heterocycles. The van der Waals surface area contributed by atoms with Gasteiger partial charge in [0, 0.05) is 51.2 Å². The molecule has 162 valence electrons. The molecule has 7 nitrogen and oxygen atoms in total. The zero-order valence-electron chi connectivity index (χ0n) is 18.3. The van der Waals surface area contributed by atoms with Crippen LogP contribution in [0.1, 0.15) is 53.0 Å². The standard InChI is InChI=1S/C22H32N6OS/c1-16-20(30-15-25-16)21(29)28-9-5-4-6-19(28)18-7-10-27(11-8-18)14-17-12-23-22(24-13-17)26(2)3/h12-13,15,18-19H,4-11,14H2,1-3H3/t19-/m0/s1. The first kappa shape index (κ1) is 21.2. The van der Waals surface area contributed by atoms with E-state index in [1.165, 1.54) is 17.8 Å². The van der Waals surface area contributed by atoms with Gasteiger partial charge in [-0.25, -0.2) is 15.0 Å². The minimum atomic E-state index is 0.195. The Balaban J connectivity index is 1.35. The highest BCUT2D eigenvalue weighted by atomic mass is 32.1. The van der Waals surface area contributed by atoms with Crippen LogP contribution in [-0.2, 0) is 6.54 Å². The third kappa shape index (κ3) is 4.64. The number of hydrogen-bond donors (Lipinski definition) is 0. The van der Waals surface area contributed by atoms with Crippen LogP contribution in [0.3, 0.4) is 0 Å². The van der Waals surface area contributed by atoms with E-state index in [1.54, 1.807) is 5.51 Å². The highest BCUT2D eigenvalue weighted by Gasteiger charge is 2.36. The molecule has 1 atom stereocenters. The van der Waals surface area contributed by atoms with Gasteiger partial charge in [0.15, 0.2) is 0 Å². The van der Waals surface area contributed by atoms with Gasteiger partial charge in [-0.05, 0) is 58.0 Å². The highest BCUT2D eigenvalue weighted by Crippen LogP contribution is 2.32. The van der Waals surface area contributed by atoms with Crippen molar-refractivity contribution in [1.29, 1.82) is 0 Å². The lowest BCUT2D eigenvalue weighted by atomic mass is 9.83. The van der Waals surface area contributed by atoms with Crippen LogP contribution in [0.5, 0.6) is 0 Å². The van der Waals surface area contributed by atoms with Gasteiger partial charge in [0.2, 0.25) is 5.95 Å². The van der Waals surface area contributed by atoms with E-state index in [-0.39, 0.29) is 5.91 Å². The van der Waals surface area contributed by atoms with Crippen molar-refractivity contribution in [2.75, 3.05) is 38.6 Å². The molecule has 2 aliphatic rings. The zero-order chi connectivity index (χ0) is 21.1. The fourth-order valence-electron chi connectivity index (χ4n) is 4.75. The van der Waals surface area contributed by atoms with E-state index in [1.807, 2.05) is 38.3 Å². The van der Waals surface area contributed by atoms with Crippen molar-refractivity contribution in [3.05, 3.63) is 34.0 Å². The fraction of sp³-hybridized carbons (Fsp3) is 0.636. The van der Waals surface area contributed by atoms with Gasteiger partial charge in [0.25, 0.3) is 5.91 Å². The van der Waals surface area contributed by atoms with Gasteiger partial charge in [-0.15, -0.1) is 11.3 Å². The Hall–Kier alpha value is -2.06. The molecule has 4 heterocycles. The van der Waals surface area contributed by atoms with Crippen molar-refractivity contribution in [3.8, 4) is 0 Å². The largest absolute Gasteiger partial charge is 0.347 e. The molecule has 0 radical (unpaired) electrons. The molecule has 0 aromatic carbocycles. The summed E-state index contributed by atoms with van der Waals surface area (Å²) in [6.07, 6.45) is 9.64. The number of carbonyl (C=O) groups excluding carboxylic acids is 1. The average Bonchev–Trinajstić information content (AvgIpc) is 3.20. The number of thiazole rings is 1. The van der Waals surface area contributed by atoms with E-state index in [0.717, 1.165) is 73.9 Å². The van der Waals surface area contributed by atoms with E-state index in [0.29, 0.717) is 12.0 Å². The van der Waals surface area contributed by atoms with Crippen molar-refractivity contribution < 1.29 is 4.79 Å². The van der Waals surface area contributed by atoms with Crippen LogP contribution in [0.4, 0.5) is 5.95 Å². The van der Waals surface area contributed by atoms with Crippen LogP contribution in [0.2, 0.25) is 0 Å². The van der Waals surface area contributed by atoms with E-state index in [2.05, 4.69) is 24.8 Å². The number of carbonyl (C=O) groups is 1. The second-order valence-electron chi connectivity index (χ2n) is 8.73. The maximum atomic E-state index is 13.2. The number of rotatable bonds is 5. The van der Waals surface area contributed by atoms with Crippen molar-refractivity contribution >= 4 is 23.2 Å². The molecule has 2 aliphatic heterocycles. The number of hydrogen-bond acceptors (Lipinski definition) is 7. The minimum absolute atomic E-state index is 0.195. The summed E-state index contributed by atoms with van der Waals surface area (Å²) >= 11 is 1.48. The summed E-state index contributed by atoms with van der Waals surface area (Å²) in [7, 11) is 3.91. The third-order valence-corrected chi connectivity index (χ3v) is 7.34. The Morgan fingerprint density at radius 3 is 2.47 bits per heavy atom. The summed E-state index contributed by atoms with van der Waals surface area (Å²) in [5, 5.41) is 0. The van der Waals surface area contributed by atoms with E-state index < -0.39 is 0 Å². The molecule has 0 N–H and O–H groups in total. The SMILES string of the molecule is Cc1ncsc1C(=O)N1CCCC[C@H]1C1CCN(Cc2cnc(N(C)C)nc2)CC1. The smallest absolute Gasteiger partial charge is 0.266 e. The van der Waals surface area contributed by atoms with Gasteiger partial charge in [-0.3, -0.25) is 9.69 Å². The second-order valence-corrected chi connectivity index (χ2v) is 9.58. The second kappa shape index (κ2) is 9.39. The molecule has 1 amide bonds. The lowest BCUT2D eigenvalue weighted by molar-refractivity contribution is 0.0400. The Morgan fingerprint density at radius 2 is 1.83 bits per heavy atom. The lowest BCUT2D eigenvalue weighted by Gasteiger charge is -2.43. The topological polar surface area (TPSA) is 65.5 Å². The molecule has 0 saturated carbocycles. The minimum Gasteiger partial charge on any atom is -0.347 e. The molecule has 0 bridgehead atoms. The first-order valence-electron chi connectivity index (χ1n) is 10.9. The molecule has 30 heavy (non-hydrogen) atoms. The number of aromatic nitrogens is 3. The van der Waals surface area contributed by atoms with Crippen LogP contribution in [0.25, 0.3) is 0 Å². The predicted molar refractivity (Wildman–Crippen MR) is 120 cm³/mol. The number of aryl methyl sites for hydroxylation is 1. The third-order valence-electron chi connectivity index (χ3n) is 6.42. The Kier molecular flexibility index (Phi) is 6.63. The van der Waals surface area contributed by atoms with Gasteiger partial charge in [0.05, 0.1) is 11.2 Å². The first-order chi connectivity index (χ1) is 14.5. The molecule has 2 aromatic heterocycles. The molecular formula is C22H32N6OS. The molecule has 0 spiro atoms. The predicted octanol–water partition coefficient (Wildman–Crippen LogP) is 3.21. The normalized spacial score (nSPS) is 21.0. The van der Waals surface area contributed by atoms with Gasteiger partial charge in [-0.2, -0.15) is 0 Å². The number of amides is 1. The molecule has 4 rings (SSSR count). The van der Waals surface area contributed by atoms with E-state index in [4.69, 9.17) is 0 Å².